The van der Waals surface area contributed by atoms with Gasteiger partial charge < -0.3 is 0 Å². The van der Waals surface area contributed by atoms with E-state index in [0.717, 1.165) is 0 Å². The van der Waals surface area contributed by atoms with Gasteiger partial charge in [-0.3, -0.25) is 0 Å². The molecule has 0 aliphatic carbocycles. The molecular weight excluding hydrogens is 240 g/mol. The molecule has 1 atom stereocenters. The molecule has 0 aromatic heterocycles. The van der Waals surface area contributed by atoms with Gasteiger partial charge in [0.25, 0.3) is 0 Å². The third kappa shape index (κ3) is 7.17. The van der Waals surface area contributed by atoms with Gasteiger partial charge in [-0.2, -0.15) is 0 Å². The van der Waals surface area contributed by atoms with Gasteiger partial charge in [-0.05, 0) is 17.0 Å². The average Bonchev–Trinajstić information content (AvgIpc) is 2.58. The largest absolute Gasteiger partial charge is 0.106 e. The van der Waals surface area contributed by atoms with E-state index >= 15 is 0 Å². The van der Waals surface area contributed by atoms with Crippen LogP contribution in [0.1, 0.15) is 24.0 Å². The Morgan fingerprint density at radius 1 is 0.800 bits per heavy atom. The molecule has 0 saturated heterocycles. The van der Waals surface area contributed by atoms with E-state index in [1.165, 1.54) is 11.1 Å². The van der Waals surface area contributed by atoms with Crippen molar-refractivity contribution in [3.63, 3.8) is 0 Å². The molecule has 104 valence electrons. The number of rotatable bonds is 3. The van der Waals surface area contributed by atoms with Crippen molar-refractivity contribution < 1.29 is 0 Å². The maximum absolute atomic E-state index is 3.74. The summed E-state index contributed by atoms with van der Waals surface area (Å²) in [5.41, 5.74) is 2.50. The van der Waals surface area contributed by atoms with Crippen LogP contribution in [-0.2, 0) is 0 Å². The highest BCUT2D eigenvalue weighted by Crippen LogP contribution is 2.14. The zero-order valence-corrected chi connectivity index (χ0v) is 12.3. The van der Waals surface area contributed by atoms with Crippen LogP contribution in [0.15, 0.2) is 93.1 Å². The molecule has 2 rings (SSSR count). The minimum atomic E-state index is 0.473. The van der Waals surface area contributed by atoms with Crippen LogP contribution in [0.4, 0.5) is 0 Å². The maximum atomic E-state index is 3.74. The third-order valence-corrected chi connectivity index (χ3v) is 2.71. The third-order valence-electron chi connectivity index (χ3n) is 2.71. The number of allylic oxidation sites excluding steroid dienone is 1. The Morgan fingerprint density at radius 2 is 1.25 bits per heavy atom. The van der Waals surface area contributed by atoms with Crippen LogP contribution >= 0.6 is 0 Å². The second-order valence-electron chi connectivity index (χ2n) is 4.05. The van der Waals surface area contributed by atoms with Gasteiger partial charge in [-0.1, -0.05) is 86.3 Å². The zero-order valence-electron chi connectivity index (χ0n) is 12.3. The van der Waals surface area contributed by atoms with Crippen LogP contribution in [0.25, 0.3) is 6.08 Å². The molecule has 0 heterocycles. The van der Waals surface area contributed by atoms with Gasteiger partial charge >= 0.3 is 0 Å². The molecule has 0 saturated carbocycles. The van der Waals surface area contributed by atoms with Crippen molar-refractivity contribution in [2.24, 2.45) is 0 Å². The smallest absolute Gasteiger partial charge is 0.00131 e. The first-order chi connectivity index (χ1) is 9.77. The average molecular weight is 264 g/mol. The fourth-order valence-corrected chi connectivity index (χ4v) is 1.48. The summed E-state index contributed by atoms with van der Waals surface area (Å²) in [6, 6.07) is 20.4. The molecule has 0 N–H and O–H groups in total. The van der Waals surface area contributed by atoms with E-state index in [9.17, 15) is 0 Å². The molecule has 0 bridgehead atoms. The molecule has 0 radical (unpaired) electrons. The SMILES string of the molecule is C=C.C=CC(C)c1ccccc1.C=Cc1ccccc1. The highest BCUT2D eigenvalue weighted by atomic mass is 14.0. The minimum absolute atomic E-state index is 0.473. The predicted molar refractivity (Wildman–Crippen MR) is 92.8 cm³/mol. The molecule has 20 heavy (non-hydrogen) atoms. The van der Waals surface area contributed by atoms with Crippen LogP contribution < -0.4 is 0 Å². The number of hydrogen-bond donors (Lipinski definition) is 0. The van der Waals surface area contributed by atoms with E-state index < -0.39 is 0 Å². The van der Waals surface area contributed by atoms with Gasteiger partial charge in [-0.25, -0.2) is 0 Å². The monoisotopic (exact) mass is 264 g/mol. The molecule has 0 amide bonds. The van der Waals surface area contributed by atoms with Crippen molar-refractivity contribution in [3.8, 4) is 0 Å². The molecule has 2 aromatic carbocycles. The lowest BCUT2D eigenvalue weighted by Gasteiger charge is -2.03. The summed E-state index contributed by atoms with van der Waals surface area (Å²) < 4.78 is 0. The molecule has 0 aliphatic heterocycles. The van der Waals surface area contributed by atoms with Gasteiger partial charge in [0.1, 0.15) is 0 Å². The minimum Gasteiger partial charge on any atom is -0.106 e. The lowest BCUT2D eigenvalue weighted by molar-refractivity contribution is 0.971. The second kappa shape index (κ2) is 11.7. The highest BCUT2D eigenvalue weighted by Gasteiger charge is 1.96. The summed E-state index contributed by atoms with van der Waals surface area (Å²) in [5, 5.41) is 0. The first kappa shape index (κ1) is 17.7. The fourth-order valence-electron chi connectivity index (χ4n) is 1.48. The van der Waals surface area contributed by atoms with Gasteiger partial charge in [-0.15, -0.1) is 19.7 Å². The van der Waals surface area contributed by atoms with Crippen molar-refractivity contribution >= 4 is 6.08 Å². The maximum Gasteiger partial charge on any atom is -0.00131 e. The predicted octanol–water partition coefficient (Wildman–Crippen LogP) is 6.11. The molecule has 0 aliphatic rings. The molecular formula is C20H24. The van der Waals surface area contributed by atoms with Crippen molar-refractivity contribution in [2.75, 3.05) is 0 Å². The second-order valence-corrected chi connectivity index (χ2v) is 4.05. The van der Waals surface area contributed by atoms with E-state index in [-0.39, 0.29) is 0 Å². The summed E-state index contributed by atoms with van der Waals surface area (Å²) >= 11 is 0. The Labute approximate surface area is 123 Å². The molecule has 1 unspecified atom stereocenters. The van der Waals surface area contributed by atoms with Crippen molar-refractivity contribution in [3.05, 3.63) is 104 Å². The zero-order chi connectivity index (χ0) is 15.2. The number of hydrogen-bond acceptors (Lipinski definition) is 0. The van der Waals surface area contributed by atoms with Crippen molar-refractivity contribution in [2.45, 2.75) is 12.8 Å². The quantitative estimate of drug-likeness (QED) is 0.587. The Bertz CT molecular complexity index is 468. The van der Waals surface area contributed by atoms with Crippen molar-refractivity contribution in [1.29, 1.82) is 0 Å². The normalized spacial score (nSPS) is 9.85. The Kier molecular flexibility index (Phi) is 10.4. The molecule has 0 nitrogen and oxygen atoms in total. The van der Waals surface area contributed by atoms with Gasteiger partial charge in [0.2, 0.25) is 0 Å². The summed E-state index contributed by atoms with van der Waals surface area (Å²) in [7, 11) is 0. The van der Waals surface area contributed by atoms with Crippen LogP contribution in [-0.4, -0.2) is 0 Å². The van der Waals surface area contributed by atoms with E-state index in [1.54, 1.807) is 0 Å². The summed E-state index contributed by atoms with van der Waals surface area (Å²) in [4.78, 5) is 0. The van der Waals surface area contributed by atoms with E-state index in [2.05, 4.69) is 57.5 Å². The highest BCUT2D eigenvalue weighted by molar-refractivity contribution is 5.45. The Hall–Kier alpha value is -2.34. The van der Waals surface area contributed by atoms with E-state index in [1.807, 2.05) is 48.6 Å². The first-order valence-corrected chi connectivity index (χ1v) is 6.63. The van der Waals surface area contributed by atoms with Crippen LogP contribution in [0, 0.1) is 0 Å². The standard InChI is InChI=1S/C10H12.C8H8.C2H4/c1-3-9(2)10-7-5-4-6-8-10;1-2-8-6-4-3-5-7-8;1-2/h3-9H,1H2,2H3;2-7H,1H2;1-2H2. The van der Waals surface area contributed by atoms with Crippen molar-refractivity contribution in [1.82, 2.24) is 0 Å². The van der Waals surface area contributed by atoms with Gasteiger partial charge in [0.15, 0.2) is 0 Å². The van der Waals surface area contributed by atoms with E-state index in [4.69, 9.17) is 0 Å². The molecule has 0 spiro atoms. The van der Waals surface area contributed by atoms with E-state index in [0.29, 0.717) is 5.92 Å². The first-order valence-electron chi connectivity index (χ1n) is 6.63. The summed E-state index contributed by atoms with van der Waals surface area (Å²) in [5.74, 6) is 0.473. The molecule has 0 heteroatoms. The number of benzene rings is 2. The van der Waals surface area contributed by atoms with Crippen LogP contribution in [0.2, 0.25) is 0 Å². The van der Waals surface area contributed by atoms with Gasteiger partial charge in [0.05, 0.1) is 0 Å². The lowest BCUT2D eigenvalue weighted by atomic mass is 10.0. The van der Waals surface area contributed by atoms with Crippen LogP contribution in [0.3, 0.4) is 0 Å². The van der Waals surface area contributed by atoms with Gasteiger partial charge in [0, 0.05) is 0 Å². The topological polar surface area (TPSA) is 0 Å². The molecule has 2 aromatic rings. The summed E-state index contributed by atoms with van der Waals surface area (Å²) in [6.45, 7) is 15.5. The fraction of sp³-hybridized carbons (Fsp3) is 0.100. The van der Waals surface area contributed by atoms with Crippen LogP contribution in [0.5, 0.6) is 0 Å². The summed E-state index contributed by atoms with van der Waals surface area (Å²) in [6.07, 6.45) is 3.79. The Balaban J connectivity index is 0.000000327. The lowest BCUT2D eigenvalue weighted by Crippen LogP contribution is -1.85. The Morgan fingerprint density at radius 3 is 1.60 bits per heavy atom. The molecule has 0 fully saturated rings.